The van der Waals surface area contributed by atoms with E-state index in [0.717, 1.165) is 0 Å². The van der Waals surface area contributed by atoms with Crippen molar-refractivity contribution < 1.29 is 9.59 Å². The van der Waals surface area contributed by atoms with Crippen molar-refractivity contribution in [2.24, 2.45) is 0 Å². The fourth-order valence-corrected chi connectivity index (χ4v) is 1.63. The van der Waals surface area contributed by atoms with Crippen LogP contribution in [0.25, 0.3) is 0 Å². The Hall–Kier alpha value is -1.55. The van der Waals surface area contributed by atoms with Crippen molar-refractivity contribution in [3.05, 3.63) is 29.8 Å². The first-order valence-corrected chi connectivity index (χ1v) is 6.83. The lowest BCUT2D eigenvalue weighted by Gasteiger charge is -2.09. The Morgan fingerprint density at radius 1 is 1.21 bits per heavy atom. The fourth-order valence-electron chi connectivity index (χ4n) is 1.50. The molecule has 0 bridgehead atoms. The summed E-state index contributed by atoms with van der Waals surface area (Å²) in [5.41, 5.74) is 1.26. The van der Waals surface area contributed by atoms with E-state index in [2.05, 4.69) is 10.6 Å². The maximum absolute atomic E-state index is 11.7. The van der Waals surface area contributed by atoms with Crippen molar-refractivity contribution in [2.45, 2.75) is 32.7 Å². The first-order chi connectivity index (χ1) is 9.02. The van der Waals surface area contributed by atoms with E-state index < -0.39 is 0 Å². The summed E-state index contributed by atoms with van der Waals surface area (Å²) in [6.07, 6.45) is 1.06. The number of alkyl halides is 1. The fraction of sp³-hybridized carbons (Fsp3) is 0.429. The molecule has 0 aromatic heterocycles. The van der Waals surface area contributed by atoms with Gasteiger partial charge in [0, 0.05) is 29.6 Å². The summed E-state index contributed by atoms with van der Waals surface area (Å²) in [4.78, 5) is 23.2. The van der Waals surface area contributed by atoms with Gasteiger partial charge >= 0.3 is 0 Å². The lowest BCUT2D eigenvalue weighted by molar-refractivity contribution is -0.116. The predicted octanol–water partition coefficient (Wildman–Crippen LogP) is 2.78. The molecule has 0 saturated carbocycles. The van der Waals surface area contributed by atoms with Gasteiger partial charge in [-0.25, -0.2) is 0 Å². The highest BCUT2D eigenvalue weighted by atomic mass is 35.5. The predicted molar refractivity (Wildman–Crippen MR) is 77.6 cm³/mol. The Bertz CT molecular complexity index is 430. The van der Waals surface area contributed by atoms with Crippen LogP contribution in [0.15, 0.2) is 24.3 Å². The largest absolute Gasteiger partial charge is 0.350 e. The maximum atomic E-state index is 11.7. The molecule has 1 aromatic rings. The second-order valence-electron chi connectivity index (χ2n) is 4.55. The number of nitrogens with one attached hydrogen (secondary N) is 2. The lowest BCUT2D eigenvalue weighted by atomic mass is 10.2. The smallest absolute Gasteiger partial charge is 0.251 e. The standard InChI is InChI=1S/C14H19ClN2O2/c1-10(2)16-14(19)11-5-7-12(8-6-11)17-13(18)4-3-9-15/h5-8,10H,3-4,9H2,1-2H3,(H,16,19)(H,17,18). The second-order valence-corrected chi connectivity index (χ2v) is 4.92. The lowest BCUT2D eigenvalue weighted by Crippen LogP contribution is -2.30. The van der Waals surface area contributed by atoms with Crippen LogP contribution in [0, 0.1) is 0 Å². The third-order valence-corrected chi connectivity index (χ3v) is 2.66. The van der Waals surface area contributed by atoms with Crippen molar-refractivity contribution >= 4 is 29.1 Å². The Morgan fingerprint density at radius 3 is 2.37 bits per heavy atom. The summed E-state index contributed by atoms with van der Waals surface area (Å²) in [7, 11) is 0. The second kappa shape index (κ2) is 7.79. The van der Waals surface area contributed by atoms with E-state index in [1.807, 2.05) is 13.8 Å². The Morgan fingerprint density at radius 2 is 1.84 bits per heavy atom. The van der Waals surface area contributed by atoms with E-state index in [1.165, 1.54) is 0 Å². The minimum Gasteiger partial charge on any atom is -0.350 e. The number of anilines is 1. The van der Waals surface area contributed by atoms with Crippen LogP contribution in [0.1, 0.15) is 37.0 Å². The van der Waals surface area contributed by atoms with Crippen LogP contribution in [0.2, 0.25) is 0 Å². The van der Waals surface area contributed by atoms with Gasteiger partial charge in [-0.3, -0.25) is 9.59 Å². The van der Waals surface area contributed by atoms with Gasteiger partial charge in [0.05, 0.1) is 0 Å². The quantitative estimate of drug-likeness (QED) is 0.788. The number of amides is 2. The average Bonchev–Trinajstić information content (AvgIpc) is 2.36. The van der Waals surface area contributed by atoms with Crippen LogP contribution in [0.5, 0.6) is 0 Å². The number of carbonyl (C=O) groups is 2. The Labute approximate surface area is 118 Å². The third-order valence-electron chi connectivity index (χ3n) is 2.39. The van der Waals surface area contributed by atoms with Gasteiger partial charge in [0.2, 0.25) is 5.91 Å². The summed E-state index contributed by atoms with van der Waals surface area (Å²) in [5, 5.41) is 5.56. The highest BCUT2D eigenvalue weighted by Gasteiger charge is 2.07. The molecule has 2 N–H and O–H groups in total. The first-order valence-electron chi connectivity index (χ1n) is 6.29. The number of rotatable bonds is 6. The Balaban J connectivity index is 2.56. The molecule has 0 spiro atoms. The minimum absolute atomic E-state index is 0.0694. The van der Waals surface area contributed by atoms with E-state index in [4.69, 9.17) is 11.6 Å². The van der Waals surface area contributed by atoms with Gasteiger partial charge in [0.1, 0.15) is 0 Å². The number of carbonyl (C=O) groups excluding carboxylic acids is 2. The molecule has 0 atom stereocenters. The number of hydrogen-bond acceptors (Lipinski definition) is 2. The number of benzene rings is 1. The molecule has 0 saturated heterocycles. The SMILES string of the molecule is CC(C)NC(=O)c1ccc(NC(=O)CCCCl)cc1. The summed E-state index contributed by atoms with van der Waals surface area (Å²) in [6, 6.07) is 6.91. The molecule has 0 radical (unpaired) electrons. The molecule has 0 aliphatic carbocycles. The van der Waals surface area contributed by atoms with Gasteiger partial charge in [-0.2, -0.15) is 0 Å². The molecule has 0 aliphatic rings. The van der Waals surface area contributed by atoms with Gasteiger partial charge in [-0.1, -0.05) is 0 Å². The number of hydrogen-bond donors (Lipinski definition) is 2. The van der Waals surface area contributed by atoms with Crippen LogP contribution < -0.4 is 10.6 Å². The van der Waals surface area contributed by atoms with Crippen molar-refractivity contribution in [3.8, 4) is 0 Å². The average molecular weight is 283 g/mol. The van der Waals surface area contributed by atoms with Crippen LogP contribution in [0.4, 0.5) is 5.69 Å². The van der Waals surface area contributed by atoms with Crippen molar-refractivity contribution in [3.63, 3.8) is 0 Å². The zero-order valence-corrected chi connectivity index (χ0v) is 12.0. The summed E-state index contributed by atoms with van der Waals surface area (Å²) < 4.78 is 0. The summed E-state index contributed by atoms with van der Waals surface area (Å²) >= 11 is 5.52. The molecule has 0 fully saturated rings. The topological polar surface area (TPSA) is 58.2 Å². The highest BCUT2D eigenvalue weighted by molar-refractivity contribution is 6.18. The summed E-state index contributed by atoms with van der Waals surface area (Å²) in [5.74, 6) is 0.289. The molecule has 4 nitrogen and oxygen atoms in total. The van der Waals surface area contributed by atoms with Crippen LogP contribution in [-0.2, 0) is 4.79 Å². The van der Waals surface area contributed by atoms with E-state index >= 15 is 0 Å². The van der Waals surface area contributed by atoms with E-state index in [9.17, 15) is 9.59 Å². The maximum Gasteiger partial charge on any atom is 0.251 e. The molecule has 1 rings (SSSR count). The van der Waals surface area contributed by atoms with Crippen LogP contribution >= 0.6 is 11.6 Å². The van der Waals surface area contributed by atoms with Crippen LogP contribution in [0.3, 0.4) is 0 Å². The zero-order chi connectivity index (χ0) is 14.3. The van der Waals surface area contributed by atoms with E-state index in [0.29, 0.717) is 30.0 Å². The molecule has 2 amide bonds. The molecule has 0 unspecified atom stereocenters. The molecule has 1 aromatic carbocycles. The van der Waals surface area contributed by atoms with Gasteiger partial charge in [0.25, 0.3) is 5.91 Å². The van der Waals surface area contributed by atoms with Crippen molar-refractivity contribution in [2.75, 3.05) is 11.2 Å². The van der Waals surface area contributed by atoms with Crippen LogP contribution in [-0.4, -0.2) is 23.7 Å². The summed E-state index contributed by atoms with van der Waals surface area (Å²) in [6.45, 7) is 3.81. The molecule has 0 heterocycles. The molecule has 19 heavy (non-hydrogen) atoms. The van der Waals surface area contributed by atoms with Gasteiger partial charge in [-0.05, 0) is 44.5 Å². The minimum atomic E-state index is -0.116. The molecule has 0 aliphatic heterocycles. The monoisotopic (exact) mass is 282 g/mol. The molecule has 104 valence electrons. The molecule has 5 heteroatoms. The normalized spacial score (nSPS) is 10.3. The molecular formula is C14H19ClN2O2. The Kier molecular flexibility index (Phi) is 6.36. The highest BCUT2D eigenvalue weighted by Crippen LogP contribution is 2.10. The van der Waals surface area contributed by atoms with E-state index in [1.54, 1.807) is 24.3 Å². The van der Waals surface area contributed by atoms with Gasteiger partial charge in [-0.15, -0.1) is 11.6 Å². The number of halogens is 1. The van der Waals surface area contributed by atoms with Gasteiger partial charge < -0.3 is 10.6 Å². The van der Waals surface area contributed by atoms with Crippen molar-refractivity contribution in [1.29, 1.82) is 0 Å². The van der Waals surface area contributed by atoms with E-state index in [-0.39, 0.29) is 17.9 Å². The third kappa shape index (κ3) is 5.75. The first kappa shape index (κ1) is 15.5. The molecular weight excluding hydrogens is 264 g/mol. The van der Waals surface area contributed by atoms with Gasteiger partial charge in [0.15, 0.2) is 0 Å². The zero-order valence-electron chi connectivity index (χ0n) is 11.2. The van der Waals surface area contributed by atoms with Crippen molar-refractivity contribution in [1.82, 2.24) is 5.32 Å².